The van der Waals surface area contributed by atoms with Crippen LogP contribution in [0.5, 0.6) is 0 Å². The molecular formula is C23H23BrN4S. The van der Waals surface area contributed by atoms with Gasteiger partial charge in [-0.2, -0.15) is 0 Å². The van der Waals surface area contributed by atoms with Crippen molar-refractivity contribution in [2.75, 3.05) is 0 Å². The first kappa shape index (κ1) is 19.9. The summed E-state index contributed by atoms with van der Waals surface area (Å²) in [6.45, 7) is 4.01. The number of halogens is 1. The van der Waals surface area contributed by atoms with Gasteiger partial charge in [-0.1, -0.05) is 47.1 Å². The molecule has 0 bridgehead atoms. The zero-order valence-corrected chi connectivity index (χ0v) is 18.7. The molecule has 0 fully saturated rings. The molecule has 0 N–H and O–H groups in total. The van der Waals surface area contributed by atoms with Gasteiger partial charge < -0.3 is 9.13 Å². The van der Waals surface area contributed by atoms with Gasteiger partial charge in [0.2, 0.25) is 0 Å². The third kappa shape index (κ3) is 4.95. The molecule has 0 spiro atoms. The van der Waals surface area contributed by atoms with Crippen LogP contribution in [0, 0.1) is 0 Å². The highest BCUT2D eigenvalue weighted by molar-refractivity contribution is 9.10. The van der Waals surface area contributed by atoms with Gasteiger partial charge in [-0.25, -0.2) is 9.98 Å². The second-order valence-corrected chi connectivity index (χ2v) is 8.60. The van der Waals surface area contributed by atoms with Gasteiger partial charge in [0.25, 0.3) is 0 Å². The van der Waals surface area contributed by atoms with Gasteiger partial charge in [0.15, 0.2) is 4.80 Å². The van der Waals surface area contributed by atoms with E-state index in [4.69, 9.17) is 4.99 Å². The molecular weight excluding hydrogens is 444 g/mol. The molecule has 0 aliphatic rings. The summed E-state index contributed by atoms with van der Waals surface area (Å²) in [7, 11) is 0. The lowest BCUT2D eigenvalue weighted by Gasteiger charge is -2.10. The lowest BCUT2D eigenvalue weighted by Crippen LogP contribution is -2.17. The van der Waals surface area contributed by atoms with Crippen LogP contribution in [-0.2, 0) is 19.5 Å². The molecule has 4 rings (SSSR count). The van der Waals surface area contributed by atoms with Crippen molar-refractivity contribution < 1.29 is 0 Å². The highest BCUT2D eigenvalue weighted by Crippen LogP contribution is 2.23. The fraction of sp³-hybridized carbons (Fsp3) is 0.217. The first-order valence-corrected chi connectivity index (χ1v) is 11.4. The van der Waals surface area contributed by atoms with Crippen molar-refractivity contribution in [1.82, 2.24) is 14.1 Å². The average Bonchev–Trinajstić information content (AvgIpc) is 3.40. The van der Waals surface area contributed by atoms with Crippen LogP contribution >= 0.6 is 27.3 Å². The van der Waals surface area contributed by atoms with Crippen LogP contribution in [0.25, 0.3) is 11.3 Å². The zero-order chi connectivity index (χ0) is 20.1. The Hall–Kier alpha value is -2.44. The van der Waals surface area contributed by atoms with Gasteiger partial charge in [0, 0.05) is 35.3 Å². The second-order valence-electron chi connectivity index (χ2n) is 6.85. The predicted molar refractivity (Wildman–Crippen MR) is 123 cm³/mol. The van der Waals surface area contributed by atoms with Gasteiger partial charge in [-0.05, 0) is 48.2 Å². The molecule has 2 aromatic heterocycles. The Balaban J connectivity index is 1.67. The Bertz CT molecular complexity index is 1110. The Morgan fingerprint density at radius 3 is 2.52 bits per heavy atom. The summed E-state index contributed by atoms with van der Waals surface area (Å²) in [5.41, 5.74) is 4.74. The maximum Gasteiger partial charge on any atom is 0.190 e. The topological polar surface area (TPSA) is 35.1 Å². The molecule has 0 radical (unpaired) electrons. The number of aromatic nitrogens is 3. The van der Waals surface area contributed by atoms with Crippen LogP contribution < -0.4 is 4.80 Å². The monoisotopic (exact) mass is 466 g/mol. The van der Waals surface area contributed by atoms with Crippen LogP contribution in [0.4, 0.5) is 5.69 Å². The molecule has 2 heterocycles. The van der Waals surface area contributed by atoms with Crippen molar-refractivity contribution in [3.63, 3.8) is 0 Å². The second kappa shape index (κ2) is 9.37. The SMILES string of the molecule is CCc1ccc(N=c2scc(-c3ccc(Br)cc3)n2CCCn2ccnc2)cc1. The van der Waals surface area contributed by atoms with Gasteiger partial charge in [0.1, 0.15) is 0 Å². The van der Waals surface area contributed by atoms with Gasteiger partial charge in [-0.15, -0.1) is 11.3 Å². The average molecular weight is 467 g/mol. The van der Waals surface area contributed by atoms with Gasteiger partial charge >= 0.3 is 0 Å². The van der Waals surface area contributed by atoms with Crippen LogP contribution in [-0.4, -0.2) is 14.1 Å². The van der Waals surface area contributed by atoms with E-state index in [1.54, 1.807) is 11.3 Å². The maximum atomic E-state index is 4.95. The third-order valence-electron chi connectivity index (χ3n) is 4.86. The summed E-state index contributed by atoms with van der Waals surface area (Å²) in [5.74, 6) is 0. The quantitative estimate of drug-likeness (QED) is 0.325. The number of benzene rings is 2. The molecule has 148 valence electrons. The number of nitrogens with zero attached hydrogens (tertiary/aromatic N) is 4. The van der Waals surface area contributed by atoms with Crippen LogP contribution in [0.3, 0.4) is 0 Å². The number of thiazole rings is 1. The van der Waals surface area contributed by atoms with Crippen molar-refractivity contribution in [3.05, 3.63) is 87.5 Å². The fourth-order valence-electron chi connectivity index (χ4n) is 3.23. The van der Waals surface area contributed by atoms with Crippen LogP contribution in [0.1, 0.15) is 18.9 Å². The number of imidazole rings is 1. The normalized spacial score (nSPS) is 11.9. The zero-order valence-electron chi connectivity index (χ0n) is 16.3. The maximum absolute atomic E-state index is 4.95. The van der Waals surface area contributed by atoms with E-state index in [2.05, 4.69) is 90.9 Å². The van der Waals surface area contributed by atoms with Crippen molar-refractivity contribution in [3.8, 4) is 11.3 Å². The van der Waals surface area contributed by atoms with E-state index in [1.807, 2.05) is 18.7 Å². The van der Waals surface area contributed by atoms with Crippen molar-refractivity contribution in [1.29, 1.82) is 0 Å². The smallest absolute Gasteiger partial charge is 0.190 e. The minimum Gasteiger partial charge on any atom is -0.337 e. The number of rotatable bonds is 7. The summed E-state index contributed by atoms with van der Waals surface area (Å²) < 4.78 is 5.54. The van der Waals surface area contributed by atoms with E-state index in [9.17, 15) is 0 Å². The Kier molecular flexibility index (Phi) is 6.42. The predicted octanol–water partition coefficient (Wildman–Crippen LogP) is 6.06. The number of hydrogen-bond donors (Lipinski definition) is 0. The van der Waals surface area contributed by atoms with Crippen molar-refractivity contribution >= 4 is 33.0 Å². The molecule has 0 aliphatic heterocycles. The molecule has 0 saturated heterocycles. The first-order valence-electron chi connectivity index (χ1n) is 9.76. The summed E-state index contributed by atoms with van der Waals surface area (Å²) in [5, 5.41) is 2.21. The molecule has 0 saturated carbocycles. The lowest BCUT2D eigenvalue weighted by atomic mass is 10.1. The standard InChI is InChI=1S/C23H23BrN4S/c1-2-18-4-10-21(11-5-18)26-23-28(14-3-13-27-15-12-25-17-27)22(16-29-23)19-6-8-20(24)9-7-19/h4-12,15-17H,2-3,13-14H2,1H3. The Morgan fingerprint density at radius 2 is 1.83 bits per heavy atom. The minimum atomic E-state index is 0.902. The molecule has 0 aliphatic carbocycles. The Morgan fingerprint density at radius 1 is 1.03 bits per heavy atom. The summed E-state index contributed by atoms with van der Waals surface area (Å²) in [4.78, 5) is 10.1. The summed E-state index contributed by atoms with van der Waals surface area (Å²) >= 11 is 5.22. The van der Waals surface area contributed by atoms with E-state index >= 15 is 0 Å². The molecule has 29 heavy (non-hydrogen) atoms. The molecule has 4 aromatic rings. The van der Waals surface area contributed by atoms with E-state index < -0.39 is 0 Å². The summed E-state index contributed by atoms with van der Waals surface area (Å²) in [6.07, 6.45) is 7.76. The largest absolute Gasteiger partial charge is 0.337 e. The molecule has 0 unspecified atom stereocenters. The molecule has 4 nitrogen and oxygen atoms in total. The molecule has 0 atom stereocenters. The third-order valence-corrected chi connectivity index (χ3v) is 6.26. The molecule has 6 heteroatoms. The van der Waals surface area contributed by atoms with E-state index in [0.717, 1.165) is 40.9 Å². The minimum absolute atomic E-state index is 0.902. The number of aryl methyl sites for hydroxylation is 2. The highest BCUT2D eigenvalue weighted by Gasteiger charge is 2.08. The first-order chi connectivity index (χ1) is 14.2. The highest BCUT2D eigenvalue weighted by atomic mass is 79.9. The summed E-state index contributed by atoms with van der Waals surface area (Å²) in [6, 6.07) is 17.0. The van der Waals surface area contributed by atoms with Crippen molar-refractivity contribution in [2.45, 2.75) is 32.9 Å². The van der Waals surface area contributed by atoms with Crippen molar-refractivity contribution in [2.24, 2.45) is 4.99 Å². The van der Waals surface area contributed by atoms with E-state index in [0.29, 0.717) is 0 Å². The van der Waals surface area contributed by atoms with Crippen LogP contribution in [0.15, 0.2) is 82.1 Å². The van der Waals surface area contributed by atoms with E-state index in [1.165, 1.54) is 16.8 Å². The van der Waals surface area contributed by atoms with Gasteiger partial charge in [-0.3, -0.25) is 0 Å². The molecule has 0 amide bonds. The number of hydrogen-bond acceptors (Lipinski definition) is 3. The van der Waals surface area contributed by atoms with Gasteiger partial charge in [0.05, 0.1) is 17.7 Å². The van der Waals surface area contributed by atoms with Crippen LogP contribution in [0.2, 0.25) is 0 Å². The lowest BCUT2D eigenvalue weighted by molar-refractivity contribution is 0.559. The fourth-order valence-corrected chi connectivity index (χ4v) is 4.45. The Labute approximate surface area is 183 Å². The van der Waals surface area contributed by atoms with E-state index in [-0.39, 0.29) is 0 Å². The molecule has 2 aromatic carbocycles.